The van der Waals surface area contributed by atoms with E-state index in [2.05, 4.69) is 30.5 Å². The zero-order valence-electron chi connectivity index (χ0n) is 24.4. The Balaban J connectivity index is 1.37. The molecule has 1 amide bonds. The van der Waals surface area contributed by atoms with Crippen molar-refractivity contribution >= 4 is 43.5 Å². The highest BCUT2D eigenvalue weighted by atomic mass is 32.2. The van der Waals surface area contributed by atoms with Gasteiger partial charge in [0.1, 0.15) is 26.7 Å². The lowest BCUT2D eigenvalue weighted by atomic mass is 9.95. The van der Waals surface area contributed by atoms with Crippen LogP contribution in [0.25, 0.3) is 56.1 Å². The molecule has 0 unspecified atom stereocenters. The number of benzene rings is 1. The first-order valence-electron chi connectivity index (χ1n) is 13.8. The minimum Gasteiger partial charge on any atom is -0.336 e. The summed E-state index contributed by atoms with van der Waals surface area (Å²) in [5.41, 5.74) is 5.69. The molecule has 11 nitrogen and oxygen atoms in total. The van der Waals surface area contributed by atoms with Crippen LogP contribution in [0, 0.1) is 11.2 Å². The average molecular weight is 613 g/mol. The third kappa shape index (κ3) is 6.04. The smallest absolute Gasteiger partial charge is 0.229 e. The van der Waals surface area contributed by atoms with E-state index in [-0.39, 0.29) is 18.1 Å². The number of aromatic amines is 2. The SMILES string of the molecule is CC(C)(C)C(=O)Nc1cncc(-c2ccc3[nH]nc(-c4nc5c(-c6cc(F)cc(CCS(C)(=O)=O)c6)nccc5[nH]4)c3n2)c1. The average Bonchev–Trinajstić information content (AvgIpc) is 3.59. The number of carbonyl (C=O) groups excluding carboxylic acids is 1. The number of H-pyrrole nitrogens is 2. The lowest BCUT2D eigenvalue weighted by molar-refractivity contribution is -0.123. The number of hydrogen-bond acceptors (Lipinski definition) is 8. The van der Waals surface area contributed by atoms with Gasteiger partial charge in [0.05, 0.1) is 40.1 Å². The van der Waals surface area contributed by atoms with Gasteiger partial charge in [0.2, 0.25) is 5.91 Å². The number of fused-ring (bicyclic) bond motifs is 2. The molecule has 0 fully saturated rings. The monoisotopic (exact) mass is 612 g/mol. The Labute approximate surface area is 252 Å². The number of halogens is 1. The van der Waals surface area contributed by atoms with Gasteiger partial charge in [-0.05, 0) is 54.4 Å². The number of aromatic nitrogens is 7. The second kappa shape index (κ2) is 10.9. The van der Waals surface area contributed by atoms with Crippen molar-refractivity contribution in [1.29, 1.82) is 0 Å². The topological polar surface area (TPSA) is 159 Å². The summed E-state index contributed by atoms with van der Waals surface area (Å²) in [5, 5.41) is 10.4. The maximum absolute atomic E-state index is 14.6. The van der Waals surface area contributed by atoms with Crippen LogP contribution in [0.15, 0.2) is 61.1 Å². The molecule has 0 radical (unpaired) electrons. The van der Waals surface area contributed by atoms with Crippen LogP contribution in [-0.4, -0.2) is 61.5 Å². The summed E-state index contributed by atoms with van der Waals surface area (Å²) < 4.78 is 37.9. The molecule has 5 aromatic heterocycles. The van der Waals surface area contributed by atoms with Gasteiger partial charge >= 0.3 is 0 Å². The van der Waals surface area contributed by atoms with Gasteiger partial charge in [-0.25, -0.2) is 22.8 Å². The van der Waals surface area contributed by atoms with Crippen molar-refractivity contribution in [2.75, 3.05) is 17.3 Å². The molecule has 0 bridgehead atoms. The Kier molecular flexibility index (Phi) is 7.20. The number of aryl methyl sites for hydroxylation is 1. The van der Waals surface area contributed by atoms with Gasteiger partial charge in [0.25, 0.3) is 0 Å². The van der Waals surface area contributed by atoms with Crippen molar-refractivity contribution in [2.45, 2.75) is 27.2 Å². The molecule has 6 rings (SSSR count). The number of nitrogens with one attached hydrogen (secondary N) is 3. The number of sulfone groups is 1. The molecular weight excluding hydrogens is 583 g/mol. The molecule has 1 aromatic carbocycles. The van der Waals surface area contributed by atoms with Crippen molar-refractivity contribution in [2.24, 2.45) is 5.41 Å². The van der Waals surface area contributed by atoms with E-state index in [0.717, 1.165) is 6.26 Å². The van der Waals surface area contributed by atoms with Crippen molar-refractivity contribution in [1.82, 2.24) is 35.1 Å². The third-order valence-corrected chi connectivity index (χ3v) is 7.94. The number of pyridine rings is 3. The summed E-state index contributed by atoms with van der Waals surface area (Å²) in [6.07, 6.45) is 6.18. The molecule has 0 spiro atoms. The van der Waals surface area contributed by atoms with E-state index in [1.807, 2.05) is 39.0 Å². The Bertz CT molecular complexity index is 2170. The molecule has 3 N–H and O–H groups in total. The van der Waals surface area contributed by atoms with Gasteiger partial charge in [0, 0.05) is 35.2 Å². The number of nitrogens with zero attached hydrogens (tertiary/aromatic N) is 5. The van der Waals surface area contributed by atoms with Gasteiger partial charge in [0.15, 0.2) is 11.5 Å². The van der Waals surface area contributed by atoms with Crippen LogP contribution in [0.1, 0.15) is 26.3 Å². The van der Waals surface area contributed by atoms with E-state index < -0.39 is 21.1 Å². The summed E-state index contributed by atoms with van der Waals surface area (Å²) in [6, 6.07) is 11.7. The highest BCUT2D eigenvalue weighted by Crippen LogP contribution is 2.32. The first-order valence-corrected chi connectivity index (χ1v) is 15.8. The van der Waals surface area contributed by atoms with Crippen molar-refractivity contribution in [3.05, 3.63) is 72.4 Å². The van der Waals surface area contributed by atoms with Gasteiger partial charge in [-0.3, -0.25) is 19.9 Å². The van der Waals surface area contributed by atoms with Crippen LogP contribution >= 0.6 is 0 Å². The van der Waals surface area contributed by atoms with E-state index in [1.54, 1.807) is 30.7 Å². The van der Waals surface area contributed by atoms with Gasteiger partial charge in [-0.2, -0.15) is 5.10 Å². The van der Waals surface area contributed by atoms with Crippen molar-refractivity contribution in [3.8, 4) is 34.0 Å². The zero-order valence-corrected chi connectivity index (χ0v) is 25.3. The predicted octanol–water partition coefficient (Wildman–Crippen LogP) is 5.34. The largest absolute Gasteiger partial charge is 0.336 e. The number of amides is 1. The van der Waals surface area contributed by atoms with E-state index in [9.17, 15) is 17.6 Å². The van der Waals surface area contributed by atoms with Crippen LogP contribution in [0.4, 0.5) is 10.1 Å². The number of anilines is 1. The van der Waals surface area contributed by atoms with E-state index in [1.165, 1.54) is 12.1 Å². The van der Waals surface area contributed by atoms with Crippen LogP contribution in [0.3, 0.4) is 0 Å². The van der Waals surface area contributed by atoms with Gasteiger partial charge in [-0.15, -0.1) is 0 Å². The molecule has 224 valence electrons. The van der Waals surface area contributed by atoms with E-state index in [4.69, 9.17) is 9.97 Å². The first kappa shape index (κ1) is 29.1. The zero-order chi connectivity index (χ0) is 31.2. The van der Waals surface area contributed by atoms with E-state index in [0.29, 0.717) is 67.4 Å². The fourth-order valence-electron chi connectivity index (χ4n) is 4.69. The Hall–Kier alpha value is -5.04. The minimum atomic E-state index is -3.21. The van der Waals surface area contributed by atoms with Crippen LogP contribution in [0.5, 0.6) is 0 Å². The van der Waals surface area contributed by atoms with Crippen molar-refractivity contribution in [3.63, 3.8) is 0 Å². The van der Waals surface area contributed by atoms with Crippen molar-refractivity contribution < 1.29 is 17.6 Å². The fraction of sp³-hybridized carbons (Fsp3) is 0.226. The lowest BCUT2D eigenvalue weighted by Crippen LogP contribution is -2.27. The molecule has 0 aliphatic carbocycles. The number of hydrogen-bond donors (Lipinski definition) is 3. The number of carbonyl (C=O) groups is 1. The molecule has 13 heteroatoms. The molecule has 0 atom stereocenters. The van der Waals surface area contributed by atoms with Crippen LogP contribution in [-0.2, 0) is 21.1 Å². The Morgan fingerprint density at radius 1 is 0.955 bits per heavy atom. The maximum Gasteiger partial charge on any atom is 0.229 e. The quantitative estimate of drug-likeness (QED) is 0.218. The highest BCUT2D eigenvalue weighted by molar-refractivity contribution is 7.90. The first-order chi connectivity index (χ1) is 20.8. The number of rotatable bonds is 7. The molecular formula is C31H29FN8O3S. The molecule has 0 saturated carbocycles. The summed E-state index contributed by atoms with van der Waals surface area (Å²) in [6.45, 7) is 5.51. The summed E-state index contributed by atoms with van der Waals surface area (Å²) >= 11 is 0. The molecule has 0 aliphatic heterocycles. The molecule has 44 heavy (non-hydrogen) atoms. The van der Waals surface area contributed by atoms with Crippen LogP contribution < -0.4 is 5.32 Å². The standard InChI is InChI=1S/C31H29FN8O3S/c1-31(2,3)30(41)35-21-14-19(15-33-16-21)22-5-6-24-27(36-22)28(40-39-24)29-37-23-7-9-34-25(26(23)38-29)18-11-17(12-20(32)13-18)8-10-44(4,42)43/h5-7,9,11-16H,8,10H2,1-4H3,(H,35,41)(H,37,38)(H,39,40). The minimum absolute atomic E-state index is 0.0901. The summed E-state index contributed by atoms with van der Waals surface area (Å²) in [5.74, 6) is -0.276. The van der Waals surface area contributed by atoms with Gasteiger partial charge < -0.3 is 10.3 Å². The molecule has 0 saturated heterocycles. The van der Waals surface area contributed by atoms with Gasteiger partial charge in [-0.1, -0.05) is 20.8 Å². The lowest BCUT2D eigenvalue weighted by Gasteiger charge is -2.17. The molecule has 5 heterocycles. The van der Waals surface area contributed by atoms with Crippen LogP contribution in [0.2, 0.25) is 0 Å². The predicted molar refractivity (Wildman–Crippen MR) is 167 cm³/mol. The Morgan fingerprint density at radius 2 is 1.75 bits per heavy atom. The normalized spacial score (nSPS) is 12.2. The second-order valence-corrected chi connectivity index (χ2v) is 14.0. The summed E-state index contributed by atoms with van der Waals surface area (Å²) in [7, 11) is -3.21. The molecule has 6 aromatic rings. The highest BCUT2D eigenvalue weighted by Gasteiger charge is 2.22. The maximum atomic E-state index is 14.6. The molecule has 0 aliphatic rings. The number of imidazole rings is 1. The fourth-order valence-corrected chi connectivity index (χ4v) is 5.29. The Morgan fingerprint density at radius 3 is 2.52 bits per heavy atom. The third-order valence-electron chi connectivity index (χ3n) is 7.00. The second-order valence-electron chi connectivity index (χ2n) is 11.7. The summed E-state index contributed by atoms with van der Waals surface area (Å²) in [4.78, 5) is 34.1. The van der Waals surface area contributed by atoms with E-state index >= 15 is 0 Å².